The topological polar surface area (TPSA) is 73.1 Å². The van der Waals surface area contributed by atoms with E-state index in [4.69, 9.17) is 4.42 Å². The van der Waals surface area contributed by atoms with E-state index in [1.54, 1.807) is 30.5 Å². The van der Waals surface area contributed by atoms with Crippen LogP contribution in [0, 0.1) is 5.82 Å². The fraction of sp³-hybridized carbons (Fsp3) is 0.0667. The van der Waals surface area contributed by atoms with Gasteiger partial charge in [0.05, 0.1) is 11.4 Å². The number of oxazole rings is 1. The molecule has 3 aromatic rings. The van der Waals surface area contributed by atoms with Gasteiger partial charge in [0.2, 0.25) is 5.89 Å². The van der Waals surface area contributed by atoms with Crippen LogP contribution in [0.25, 0.3) is 22.7 Å². The predicted octanol–water partition coefficient (Wildman–Crippen LogP) is 2.65. The predicted molar refractivity (Wildman–Crippen MR) is 79.1 cm³/mol. The van der Waals surface area contributed by atoms with Crippen LogP contribution < -0.4 is 0 Å². The summed E-state index contributed by atoms with van der Waals surface area (Å²) in [6.07, 6.45) is 3.02. The molecule has 0 aliphatic rings. The maximum absolute atomic E-state index is 12.9. The minimum Gasteiger partial charge on any atom is -0.444 e. The Bertz CT molecular complexity index is 847. The largest absolute Gasteiger partial charge is 0.444 e. The Labute approximate surface area is 127 Å². The molecule has 0 bridgehead atoms. The first-order valence-corrected chi connectivity index (χ1v) is 7.76. The van der Waals surface area contributed by atoms with Gasteiger partial charge in [-0.3, -0.25) is 4.98 Å². The molecule has 0 aliphatic heterocycles. The Morgan fingerprint density at radius 1 is 1.05 bits per heavy atom. The summed E-state index contributed by atoms with van der Waals surface area (Å²) >= 11 is 0. The Hall–Kier alpha value is -2.54. The highest BCUT2D eigenvalue weighted by Crippen LogP contribution is 2.24. The van der Waals surface area contributed by atoms with Gasteiger partial charge in [0.1, 0.15) is 28.5 Å². The molecule has 0 saturated carbocycles. The number of benzene rings is 1. The Morgan fingerprint density at radius 2 is 1.77 bits per heavy atom. The van der Waals surface area contributed by atoms with Gasteiger partial charge in [0, 0.05) is 17.3 Å². The van der Waals surface area contributed by atoms with E-state index >= 15 is 0 Å². The van der Waals surface area contributed by atoms with Gasteiger partial charge < -0.3 is 4.42 Å². The van der Waals surface area contributed by atoms with Crippen molar-refractivity contribution in [2.45, 2.75) is 5.75 Å². The van der Waals surface area contributed by atoms with Crippen LogP contribution in [0.3, 0.4) is 0 Å². The van der Waals surface area contributed by atoms with Crippen LogP contribution in [-0.4, -0.2) is 18.4 Å². The van der Waals surface area contributed by atoms with Gasteiger partial charge in [-0.15, -0.1) is 0 Å². The fourth-order valence-electron chi connectivity index (χ4n) is 1.93. The summed E-state index contributed by atoms with van der Waals surface area (Å²) in [5.41, 5.74) is 2.43. The first-order chi connectivity index (χ1) is 10.6. The summed E-state index contributed by atoms with van der Waals surface area (Å²) in [7, 11) is -2.50. The van der Waals surface area contributed by atoms with Crippen molar-refractivity contribution in [3.63, 3.8) is 0 Å². The highest BCUT2D eigenvalue weighted by molar-refractivity contribution is 7.71. The Morgan fingerprint density at radius 3 is 2.41 bits per heavy atom. The van der Waals surface area contributed by atoms with Crippen molar-refractivity contribution in [3.8, 4) is 22.7 Å². The minimum absolute atomic E-state index is 0.0880. The van der Waals surface area contributed by atoms with Gasteiger partial charge in [-0.2, -0.15) is 0 Å². The number of hydrogen-bond acceptors (Lipinski definition) is 5. The smallest absolute Gasteiger partial charge is 0.226 e. The highest BCUT2D eigenvalue weighted by atomic mass is 32.2. The number of hydrogen-bond donors (Lipinski definition) is 1. The second kappa shape index (κ2) is 6.07. The van der Waals surface area contributed by atoms with Gasteiger partial charge in [-0.25, -0.2) is 17.8 Å². The molecule has 2 heterocycles. The van der Waals surface area contributed by atoms with Crippen molar-refractivity contribution in [1.82, 2.24) is 9.97 Å². The molecule has 5 nitrogen and oxygen atoms in total. The number of thiol groups is 1. The summed E-state index contributed by atoms with van der Waals surface area (Å²) in [4.78, 5) is 8.40. The summed E-state index contributed by atoms with van der Waals surface area (Å²) in [5, 5.41) is 0. The molecule has 112 valence electrons. The molecular formula is C15H11FN2O3S. The maximum Gasteiger partial charge on any atom is 0.226 e. The summed E-state index contributed by atoms with van der Waals surface area (Å²) in [5.74, 6) is -0.0383. The van der Waals surface area contributed by atoms with Crippen LogP contribution in [0.1, 0.15) is 5.69 Å². The maximum atomic E-state index is 12.9. The fourth-order valence-corrected chi connectivity index (χ4v) is 2.38. The quantitative estimate of drug-likeness (QED) is 0.749. The van der Waals surface area contributed by atoms with Gasteiger partial charge in [0.25, 0.3) is 0 Å². The van der Waals surface area contributed by atoms with Crippen molar-refractivity contribution in [3.05, 3.63) is 60.4 Å². The standard InChI is InChI=1S/C15H11FN2O3S/c16-12-4-1-10(2-5-12)15-18-14(8-21-15)11-3-6-13(17-7-11)9-22(19)20/h1-8,22H,9H2. The number of halogens is 1. The molecule has 2 aromatic heterocycles. The number of pyridine rings is 1. The second-order valence-corrected chi connectivity index (χ2v) is 5.56. The molecule has 0 atom stereocenters. The molecule has 0 unspecified atom stereocenters. The first-order valence-electron chi connectivity index (χ1n) is 6.40. The van der Waals surface area contributed by atoms with Gasteiger partial charge in [-0.1, -0.05) is 0 Å². The lowest BCUT2D eigenvalue weighted by molar-refractivity contribution is 0.574. The van der Waals surface area contributed by atoms with E-state index in [-0.39, 0.29) is 11.6 Å². The van der Waals surface area contributed by atoms with Crippen molar-refractivity contribution >= 4 is 10.7 Å². The number of nitrogens with zero attached hydrogens (tertiary/aromatic N) is 2. The molecule has 7 heteroatoms. The third-order valence-corrected chi connectivity index (χ3v) is 3.59. The van der Waals surface area contributed by atoms with Crippen LogP contribution in [-0.2, 0) is 16.5 Å². The third kappa shape index (κ3) is 3.20. The highest BCUT2D eigenvalue weighted by Gasteiger charge is 2.09. The molecular weight excluding hydrogens is 307 g/mol. The summed E-state index contributed by atoms with van der Waals surface area (Å²) in [6.45, 7) is 0. The molecule has 0 N–H and O–H groups in total. The lowest BCUT2D eigenvalue weighted by atomic mass is 10.2. The van der Waals surface area contributed by atoms with Crippen molar-refractivity contribution in [2.24, 2.45) is 0 Å². The van der Waals surface area contributed by atoms with Gasteiger partial charge in [0.15, 0.2) is 0 Å². The normalized spacial score (nSPS) is 11.0. The number of aromatic nitrogens is 2. The van der Waals surface area contributed by atoms with E-state index in [2.05, 4.69) is 9.97 Å². The molecule has 0 amide bonds. The Kier molecular flexibility index (Phi) is 3.97. The zero-order chi connectivity index (χ0) is 15.5. The summed E-state index contributed by atoms with van der Waals surface area (Å²) in [6, 6.07) is 9.19. The van der Waals surface area contributed by atoms with Crippen LogP contribution in [0.4, 0.5) is 4.39 Å². The average Bonchev–Trinajstić information content (AvgIpc) is 2.98. The molecule has 0 fully saturated rings. The van der Waals surface area contributed by atoms with Crippen molar-refractivity contribution < 1.29 is 17.2 Å². The number of rotatable bonds is 4. The van der Waals surface area contributed by atoms with E-state index in [0.29, 0.717) is 28.4 Å². The van der Waals surface area contributed by atoms with Crippen LogP contribution >= 0.6 is 0 Å². The first kappa shape index (κ1) is 14.4. The molecule has 0 spiro atoms. The molecule has 0 aliphatic carbocycles. The van der Waals surface area contributed by atoms with Gasteiger partial charge in [-0.05, 0) is 36.4 Å². The average molecular weight is 318 g/mol. The van der Waals surface area contributed by atoms with E-state index in [0.717, 1.165) is 0 Å². The van der Waals surface area contributed by atoms with Crippen LogP contribution in [0.5, 0.6) is 0 Å². The lowest BCUT2D eigenvalue weighted by Crippen LogP contribution is -1.91. The summed E-state index contributed by atoms with van der Waals surface area (Å²) < 4.78 is 39.6. The van der Waals surface area contributed by atoms with E-state index in [1.165, 1.54) is 18.4 Å². The van der Waals surface area contributed by atoms with Gasteiger partial charge >= 0.3 is 0 Å². The van der Waals surface area contributed by atoms with Crippen LogP contribution in [0.2, 0.25) is 0 Å². The minimum atomic E-state index is -2.50. The van der Waals surface area contributed by atoms with Crippen molar-refractivity contribution in [1.29, 1.82) is 0 Å². The van der Waals surface area contributed by atoms with Crippen LogP contribution in [0.15, 0.2) is 53.3 Å². The monoisotopic (exact) mass is 318 g/mol. The zero-order valence-corrected chi connectivity index (χ0v) is 12.2. The Balaban J connectivity index is 1.85. The third-order valence-electron chi connectivity index (χ3n) is 3.01. The molecule has 3 rings (SSSR count). The van der Waals surface area contributed by atoms with E-state index in [1.807, 2.05) is 0 Å². The van der Waals surface area contributed by atoms with Crippen molar-refractivity contribution in [2.75, 3.05) is 0 Å². The molecule has 1 aromatic carbocycles. The molecule has 0 radical (unpaired) electrons. The van der Waals surface area contributed by atoms with E-state index in [9.17, 15) is 12.8 Å². The molecule has 0 saturated heterocycles. The lowest BCUT2D eigenvalue weighted by Gasteiger charge is -1.97. The van der Waals surface area contributed by atoms with E-state index < -0.39 is 10.7 Å². The SMILES string of the molecule is O=[SH](=O)Cc1ccc(-c2coc(-c3ccc(F)cc3)n2)cn1. The second-order valence-electron chi connectivity index (χ2n) is 4.57. The zero-order valence-electron chi connectivity index (χ0n) is 11.3. The molecule has 22 heavy (non-hydrogen) atoms.